The second-order valence-corrected chi connectivity index (χ2v) is 3.19. The maximum Gasteiger partial charge on any atom is 0.338 e. The van der Waals surface area contributed by atoms with E-state index in [2.05, 4.69) is 4.74 Å². The van der Waals surface area contributed by atoms with Crippen LogP contribution < -0.4 is 11.5 Å². The molecular formula is C10H14N2O2. The fraction of sp³-hybridized carbons (Fsp3) is 0.300. The Morgan fingerprint density at radius 3 is 2.43 bits per heavy atom. The number of aryl methyl sites for hydroxylation is 1. The summed E-state index contributed by atoms with van der Waals surface area (Å²) in [7, 11) is 1.34. The van der Waals surface area contributed by atoms with Crippen LogP contribution in [0.1, 0.15) is 21.5 Å². The molecule has 0 saturated carbocycles. The number of carbonyl (C=O) groups is 1. The molecule has 4 nitrogen and oxygen atoms in total. The van der Waals surface area contributed by atoms with Gasteiger partial charge in [0.1, 0.15) is 0 Å². The van der Waals surface area contributed by atoms with Crippen LogP contribution in [0.25, 0.3) is 0 Å². The van der Waals surface area contributed by atoms with E-state index in [4.69, 9.17) is 11.5 Å². The maximum absolute atomic E-state index is 11.4. The molecule has 0 atom stereocenters. The molecule has 0 spiro atoms. The van der Waals surface area contributed by atoms with E-state index in [1.54, 1.807) is 19.9 Å². The lowest BCUT2D eigenvalue weighted by Crippen LogP contribution is -2.10. The Labute approximate surface area is 82.8 Å². The largest absolute Gasteiger partial charge is 0.465 e. The highest BCUT2D eigenvalue weighted by atomic mass is 16.5. The molecule has 0 radical (unpaired) electrons. The van der Waals surface area contributed by atoms with Crippen molar-refractivity contribution in [3.8, 4) is 0 Å². The summed E-state index contributed by atoms with van der Waals surface area (Å²) in [6.07, 6.45) is 0. The number of rotatable bonds is 1. The lowest BCUT2D eigenvalue weighted by Gasteiger charge is -2.12. The first-order chi connectivity index (χ1) is 6.49. The minimum Gasteiger partial charge on any atom is -0.465 e. The second-order valence-electron chi connectivity index (χ2n) is 3.19. The third kappa shape index (κ3) is 1.51. The van der Waals surface area contributed by atoms with E-state index in [-0.39, 0.29) is 5.97 Å². The number of ether oxygens (including phenoxy) is 1. The molecule has 14 heavy (non-hydrogen) atoms. The number of methoxy groups -OCH3 is 1. The molecular weight excluding hydrogens is 180 g/mol. The van der Waals surface area contributed by atoms with Crippen molar-refractivity contribution in [1.29, 1.82) is 0 Å². The van der Waals surface area contributed by atoms with Gasteiger partial charge < -0.3 is 16.2 Å². The fourth-order valence-electron chi connectivity index (χ4n) is 1.45. The average molecular weight is 194 g/mol. The molecule has 0 fully saturated rings. The Kier molecular flexibility index (Phi) is 2.65. The molecule has 0 heterocycles. The summed E-state index contributed by atoms with van der Waals surface area (Å²) in [6, 6.07) is 1.68. The average Bonchev–Trinajstić information content (AvgIpc) is 2.14. The zero-order valence-electron chi connectivity index (χ0n) is 8.55. The normalized spacial score (nSPS) is 9.93. The third-order valence-corrected chi connectivity index (χ3v) is 2.25. The fourth-order valence-corrected chi connectivity index (χ4v) is 1.45. The highest BCUT2D eigenvalue weighted by Crippen LogP contribution is 2.26. The van der Waals surface area contributed by atoms with Gasteiger partial charge in [-0.3, -0.25) is 0 Å². The number of benzene rings is 1. The van der Waals surface area contributed by atoms with Gasteiger partial charge in [-0.15, -0.1) is 0 Å². The Bertz CT molecular complexity index is 386. The van der Waals surface area contributed by atoms with Crippen LogP contribution in [0, 0.1) is 13.8 Å². The van der Waals surface area contributed by atoms with E-state index in [1.807, 2.05) is 0 Å². The van der Waals surface area contributed by atoms with Gasteiger partial charge in [0.05, 0.1) is 24.0 Å². The second kappa shape index (κ2) is 3.57. The number of hydrogen-bond donors (Lipinski definition) is 2. The third-order valence-electron chi connectivity index (χ3n) is 2.25. The molecule has 76 valence electrons. The Morgan fingerprint density at radius 1 is 1.36 bits per heavy atom. The van der Waals surface area contributed by atoms with E-state index in [9.17, 15) is 4.79 Å². The number of esters is 1. The van der Waals surface area contributed by atoms with Crippen molar-refractivity contribution in [2.45, 2.75) is 13.8 Å². The van der Waals surface area contributed by atoms with Gasteiger partial charge in [-0.1, -0.05) is 0 Å². The van der Waals surface area contributed by atoms with Crippen LogP contribution in [0.5, 0.6) is 0 Å². The van der Waals surface area contributed by atoms with Crippen molar-refractivity contribution >= 4 is 17.3 Å². The van der Waals surface area contributed by atoms with Gasteiger partial charge in [0, 0.05) is 0 Å². The van der Waals surface area contributed by atoms with Crippen molar-refractivity contribution in [2.75, 3.05) is 18.6 Å². The first kappa shape index (κ1) is 10.4. The van der Waals surface area contributed by atoms with Crippen LogP contribution in [0.2, 0.25) is 0 Å². The Morgan fingerprint density at radius 2 is 1.93 bits per heavy atom. The zero-order valence-corrected chi connectivity index (χ0v) is 8.55. The molecule has 0 bridgehead atoms. The van der Waals surface area contributed by atoms with E-state index in [0.717, 1.165) is 5.56 Å². The molecule has 4 heteroatoms. The smallest absolute Gasteiger partial charge is 0.338 e. The molecule has 0 aliphatic rings. The van der Waals surface area contributed by atoms with Gasteiger partial charge in [-0.2, -0.15) is 0 Å². The highest BCUT2D eigenvalue weighted by Gasteiger charge is 2.16. The summed E-state index contributed by atoms with van der Waals surface area (Å²) in [4.78, 5) is 11.4. The SMILES string of the molecule is COC(=O)c1c(C)cc(N)c(N)c1C. The van der Waals surface area contributed by atoms with Gasteiger partial charge >= 0.3 is 5.97 Å². The summed E-state index contributed by atoms with van der Waals surface area (Å²) < 4.78 is 4.66. The van der Waals surface area contributed by atoms with Crippen LogP contribution >= 0.6 is 0 Å². The van der Waals surface area contributed by atoms with Gasteiger partial charge in [0.25, 0.3) is 0 Å². The number of anilines is 2. The van der Waals surface area contributed by atoms with Gasteiger partial charge in [-0.25, -0.2) is 4.79 Å². The van der Waals surface area contributed by atoms with Gasteiger partial charge in [-0.05, 0) is 31.0 Å². The lowest BCUT2D eigenvalue weighted by atomic mass is 10.00. The Hall–Kier alpha value is -1.71. The van der Waals surface area contributed by atoms with Crippen LogP contribution in [-0.2, 0) is 4.74 Å². The van der Waals surface area contributed by atoms with Crippen LogP contribution in [-0.4, -0.2) is 13.1 Å². The minimum absolute atomic E-state index is 0.383. The van der Waals surface area contributed by atoms with Crippen LogP contribution in [0.3, 0.4) is 0 Å². The lowest BCUT2D eigenvalue weighted by molar-refractivity contribution is 0.0599. The van der Waals surface area contributed by atoms with E-state index in [1.165, 1.54) is 7.11 Å². The van der Waals surface area contributed by atoms with Crippen molar-refractivity contribution in [3.05, 3.63) is 22.8 Å². The monoisotopic (exact) mass is 194 g/mol. The van der Waals surface area contributed by atoms with Gasteiger partial charge in [0.2, 0.25) is 0 Å². The van der Waals surface area contributed by atoms with Crippen molar-refractivity contribution in [1.82, 2.24) is 0 Å². The van der Waals surface area contributed by atoms with Crippen molar-refractivity contribution in [3.63, 3.8) is 0 Å². The first-order valence-electron chi connectivity index (χ1n) is 4.22. The molecule has 4 N–H and O–H groups in total. The zero-order chi connectivity index (χ0) is 10.9. The summed E-state index contributed by atoms with van der Waals surface area (Å²) in [5.74, 6) is -0.383. The number of nitrogens with two attached hydrogens (primary N) is 2. The van der Waals surface area contributed by atoms with E-state index >= 15 is 0 Å². The first-order valence-corrected chi connectivity index (χ1v) is 4.22. The van der Waals surface area contributed by atoms with Crippen LogP contribution in [0.15, 0.2) is 6.07 Å². The van der Waals surface area contributed by atoms with Gasteiger partial charge in [0.15, 0.2) is 0 Å². The maximum atomic E-state index is 11.4. The number of carbonyl (C=O) groups excluding carboxylic acids is 1. The molecule has 0 unspecified atom stereocenters. The predicted molar refractivity (Wildman–Crippen MR) is 56.1 cm³/mol. The molecule has 1 aromatic carbocycles. The summed E-state index contributed by atoms with van der Waals surface area (Å²) in [6.45, 7) is 3.56. The Balaban J connectivity index is 3.44. The molecule has 0 amide bonds. The molecule has 0 saturated heterocycles. The summed E-state index contributed by atoms with van der Waals surface area (Å²) in [5.41, 5.74) is 14.3. The highest BCUT2D eigenvalue weighted by molar-refractivity contribution is 5.95. The quantitative estimate of drug-likeness (QED) is 0.521. The molecule has 0 aromatic heterocycles. The molecule has 1 aromatic rings. The number of nitrogen functional groups attached to an aromatic ring is 2. The predicted octanol–water partition coefficient (Wildman–Crippen LogP) is 1.25. The van der Waals surface area contributed by atoms with E-state index in [0.29, 0.717) is 22.5 Å². The molecule has 1 rings (SSSR count). The standard InChI is InChI=1S/C10H14N2O2/c1-5-4-7(11)9(12)6(2)8(5)10(13)14-3/h4H,11-12H2,1-3H3. The van der Waals surface area contributed by atoms with Crippen LogP contribution in [0.4, 0.5) is 11.4 Å². The summed E-state index contributed by atoms with van der Waals surface area (Å²) >= 11 is 0. The molecule has 0 aliphatic carbocycles. The van der Waals surface area contributed by atoms with Crippen molar-refractivity contribution < 1.29 is 9.53 Å². The van der Waals surface area contributed by atoms with E-state index < -0.39 is 0 Å². The van der Waals surface area contributed by atoms with Crippen molar-refractivity contribution in [2.24, 2.45) is 0 Å². The topological polar surface area (TPSA) is 78.3 Å². The summed E-state index contributed by atoms with van der Waals surface area (Å²) in [5, 5.41) is 0. The number of hydrogen-bond acceptors (Lipinski definition) is 4. The molecule has 0 aliphatic heterocycles. The minimum atomic E-state index is -0.383.